The maximum Gasteiger partial charge on any atom is 0.167 e. The summed E-state index contributed by atoms with van der Waals surface area (Å²) < 4.78 is 10.8. The average Bonchev–Trinajstić information content (AvgIpc) is 3.02. The molecule has 0 aliphatic carbocycles. The van der Waals surface area contributed by atoms with Gasteiger partial charge in [0.1, 0.15) is 18.1 Å². The van der Waals surface area contributed by atoms with Crippen molar-refractivity contribution in [3.05, 3.63) is 58.5 Å². The molecule has 1 fully saturated rings. The second-order valence-electron chi connectivity index (χ2n) is 6.25. The molecule has 3 rings (SSSR count). The van der Waals surface area contributed by atoms with Crippen molar-refractivity contribution in [1.29, 1.82) is 0 Å². The summed E-state index contributed by atoms with van der Waals surface area (Å²) in [5, 5.41) is 0.654. The monoisotopic (exact) mass is 347 g/mol. The molecular weight excluding hydrogens is 326 g/mol. The first-order valence-corrected chi connectivity index (χ1v) is 8.62. The summed E-state index contributed by atoms with van der Waals surface area (Å²) in [5.74, 6) is 1.99. The fraction of sp³-hybridized carbons (Fsp3) is 0.421. The first kappa shape index (κ1) is 17.2. The number of ketones is 1. The predicted molar refractivity (Wildman–Crippen MR) is 93.2 cm³/mol. The Morgan fingerprint density at radius 1 is 1.25 bits per heavy atom. The Kier molecular flexibility index (Phi) is 5.72. The third-order valence-corrected chi connectivity index (χ3v) is 4.64. The number of hydrogen-bond donors (Lipinski definition) is 0. The van der Waals surface area contributed by atoms with Crippen LogP contribution in [0.15, 0.2) is 40.8 Å². The summed E-state index contributed by atoms with van der Waals surface area (Å²) in [4.78, 5) is 15.0. The van der Waals surface area contributed by atoms with E-state index in [1.54, 1.807) is 19.2 Å². The molecule has 0 saturated carbocycles. The molecule has 1 saturated heterocycles. The molecule has 0 unspecified atom stereocenters. The summed E-state index contributed by atoms with van der Waals surface area (Å²) in [6.45, 7) is 2.97. The Morgan fingerprint density at radius 2 is 2.00 bits per heavy atom. The second kappa shape index (κ2) is 7.97. The number of rotatable bonds is 6. The van der Waals surface area contributed by atoms with Gasteiger partial charge in [0.15, 0.2) is 5.78 Å². The molecule has 128 valence electrons. The first-order chi connectivity index (χ1) is 11.7. The minimum absolute atomic E-state index is 0.0355. The van der Waals surface area contributed by atoms with E-state index >= 15 is 0 Å². The van der Waals surface area contributed by atoms with Crippen molar-refractivity contribution in [2.24, 2.45) is 5.92 Å². The largest absolute Gasteiger partial charge is 0.462 e. The van der Waals surface area contributed by atoms with E-state index in [2.05, 4.69) is 4.90 Å². The van der Waals surface area contributed by atoms with Crippen molar-refractivity contribution in [2.75, 3.05) is 20.2 Å². The SMILES string of the molecule is COCc1ccc(CN2CCC[C@@H](C(=O)c3ccc(Cl)cc3)C2)o1. The number of methoxy groups -OCH3 is 1. The number of halogens is 1. The van der Waals surface area contributed by atoms with E-state index in [1.807, 2.05) is 24.3 Å². The normalized spacial score (nSPS) is 18.7. The van der Waals surface area contributed by atoms with E-state index in [-0.39, 0.29) is 11.7 Å². The Bertz CT molecular complexity index is 680. The number of carbonyl (C=O) groups is 1. The summed E-state index contributed by atoms with van der Waals surface area (Å²) in [7, 11) is 1.65. The molecule has 4 nitrogen and oxygen atoms in total. The van der Waals surface area contributed by atoms with E-state index < -0.39 is 0 Å². The van der Waals surface area contributed by atoms with Gasteiger partial charge in [0.25, 0.3) is 0 Å². The molecule has 1 aromatic carbocycles. The molecule has 0 amide bonds. The van der Waals surface area contributed by atoms with Crippen molar-refractivity contribution in [2.45, 2.75) is 26.0 Å². The smallest absolute Gasteiger partial charge is 0.167 e. The van der Waals surface area contributed by atoms with Gasteiger partial charge in [-0.1, -0.05) is 11.6 Å². The van der Waals surface area contributed by atoms with Crippen LogP contribution in [0.4, 0.5) is 0 Å². The van der Waals surface area contributed by atoms with Gasteiger partial charge >= 0.3 is 0 Å². The molecule has 0 N–H and O–H groups in total. The molecule has 24 heavy (non-hydrogen) atoms. The van der Waals surface area contributed by atoms with Gasteiger partial charge in [-0.2, -0.15) is 0 Å². The molecule has 1 aliphatic heterocycles. The Balaban J connectivity index is 1.61. The highest BCUT2D eigenvalue weighted by Gasteiger charge is 2.27. The lowest BCUT2D eigenvalue weighted by Crippen LogP contribution is -2.38. The maximum absolute atomic E-state index is 12.7. The Labute approximate surface area is 147 Å². The van der Waals surface area contributed by atoms with Crippen LogP contribution in [-0.4, -0.2) is 30.9 Å². The number of Topliss-reactive ketones (excluding diaryl/α,β-unsaturated/α-hetero) is 1. The van der Waals surface area contributed by atoms with Crippen LogP contribution in [0.25, 0.3) is 0 Å². The molecule has 0 bridgehead atoms. The first-order valence-electron chi connectivity index (χ1n) is 8.24. The molecule has 0 radical (unpaired) electrons. The minimum atomic E-state index is 0.0355. The predicted octanol–water partition coefficient (Wildman–Crippen LogP) is 4.17. The van der Waals surface area contributed by atoms with E-state index in [9.17, 15) is 4.79 Å². The molecule has 5 heteroatoms. The van der Waals surface area contributed by atoms with Gasteiger partial charge < -0.3 is 9.15 Å². The van der Waals surface area contributed by atoms with Crippen LogP contribution in [0.3, 0.4) is 0 Å². The number of nitrogens with zero attached hydrogens (tertiary/aromatic N) is 1. The highest BCUT2D eigenvalue weighted by Crippen LogP contribution is 2.23. The van der Waals surface area contributed by atoms with Crippen LogP contribution in [0.1, 0.15) is 34.7 Å². The van der Waals surface area contributed by atoms with Gasteiger partial charge in [0.2, 0.25) is 0 Å². The zero-order chi connectivity index (χ0) is 16.9. The number of likely N-dealkylation sites (tertiary alicyclic amines) is 1. The van der Waals surface area contributed by atoms with Gasteiger partial charge in [-0.3, -0.25) is 9.69 Å². The van der Waals surface area contributed by atoms with Crippen molar-refractivity contribution in [3.63, 3.8) is 0 Å². The van der Waals surface area contributed by atoms with Crippen molar-refractivity contribution in [3.8, 4) is 0 Å². The van der Waals surface area contributed by atoms with Gasteiger partial charge in [0.05, 0.1) is 6.54 Å². The van der Waals surface area contributed by atoms with Crippen molar-refractivity contribution < 1.29 is 13.9 Å². The maximum atomic E-state index is 12.7. The van der Waals surface area contributed by atoms with Crippen molar-refractivity contribution >= 4 is 17.4 Å². The van der Waals surface area contributed by atoms with Crippen LogP contribution in [0, 0.1) is 5.92 Å². The Hall–Kier alpha value is -1.62. The van der Waals surface area contributed by atoms with E-state index in [1.165, 1.54) is 0 Å². The standard InChI is InChI=1S/C19H22ClNO3/c1-23-13-18-9-8-17(24-18)12-21-10-2-3-15(11-21)19(22)14-4-6-16(20)7-5-14/h4-9,15H,2-3,10-13H2,1H3/t15-/m1/s1. The van der Waals surface area contributed by atoms with Crippen LogP contribution in [-0.2, 0) is 17.9 Å². The lowest BCUT2D eigenvalue weighted by molar-refractivity contribution is 0.0800. The van der Waals surface area contributed by atoms with Gasteiger partial charge in [-0.25, -0.2) is 0 Å². The lowest BCUT2D eigenvalue weighted by Gasteiger charge is -2.31. The molecule has 1 atom stereocenters. The summed E-state index contributed by atoms with van der Waals surface area (Å²) >= 11 is 5.90. The number of ether oxygens (including phenoxy) is 1. The van der Waals surface area contributed by atoms with Crippen LogP contribution < -0.4 is 0 Å². The van der Waals surface area contributed by atoms with Gasteiger partial charge in [-0.15, -0.1) is 0 Å². The Morgan fingerprint density at radius 3 is 2.75 bits per heavy atom. The summed E-state index contributed by atoms with van der Waals surface area (Å²) in [6, 6.07) is 11.1. The fourth-order valence-electron chi connectivity index (χ4n) is 3.21. The molecule has 1 aliphatic rings. The average molecular weight is 348 g/mol. The third-order valence-electron chi connectivity index (χ3n) is 4.39. The molecule has 2 aromatic rings. The van der Waals surface area contributed by atoms with Gasteiger partial charge in [-0.05, 0) is 55.8 Å². The van der Waals surface area contributed by atoms with E-state index in [0.29, 0.717) is 11.6 Å². The highest BCUT2D eigenvalue weighted by atomic mass is 35.5. The molecule has 1 aromatic heterocycles. The van der Waals surface area contributed by atoms with Crippen LogP contribution >= 0.6 is 11.6 Å². The second-order valence-corrected chi connectivity index (χ2v) is 6.68. The third kappa shape index (κ3) is 4.26. The number of benzene rings is 1. The topological polar surface area (TPSA) is 42.7 Å². The zero-order valence-electron chi connectivity index (χ0n) is 13.8. The number of carbonyl (C=O) groups excluding carboxylic acids is 1. The summed E-state index contributed by atoms with van der Waals surface area (Å²) in [5.41, 5.74) is 0.742. The van der Waals surface area contributed by atoms with E-state index in [0.717, 1.165) is 49.6 Å². The fourth-order valence-corrected chi connectivity index (χ4v) is 3.34. The summed E-state index contributed by atoms with van der Waals surface area (Å²) in [6.07, 6.45) is 1.96. The van der Waals surface area contributed by atoms with E-state index in [4.69, 9.17) is 20.8 Å². The number of furan rings is 1. The van der Waals surface area contributed by atoms with Crippen LogP contribution in [0.5, 0.6) is 0 Å². The van der Waals surface area contributed by atoms with Crippen LogP contribution in [0.2, 0.25) is 5.02 Å². The zero-order valence-corrected chi connectivity index (χ0v) is 14.6. The molecule has 2 heterocycles. The highest BCUT2D eigenvalue weighted by molar-refractivity contribution is 6.30. The van der Waals surface area contributed by atoms with Crippen molar-refractivity contribution in [1.82, 2.24) is 4.90 Å². The molecule has 0 spiro atoms. The minimum Gasteiger partial charge on any atom is -0.462 e. The molecular formula is C19H22ClNO3. The van der Waals surface area contributed by atoms with Gasteiger partial charge in [0, 0.05) is 30.2 Å². The lowest BCUT2D eigenvalue weighted by atomic mass is 9.90. The quantitative estimate of drug-likeness (QED) is 0.735. The number of hydrogen-bond acceptors (Lipinski definition) is 4. The number of piperidine rings is 1.